The number of hydrogen-bond acceptors (Lipinski definition) is 5. The maximum absolute atomic E-state index is 11.2. The number of nitrogens with zero attached hydrogens (tertiary/aromatic N) is 1. The number of hydrogen-bond donors (Lipinski definition) is 2. The maximum Gasteiger partial charge on any atom is 0.417 e. The van der Waals surface area contributed by atoms with E-state index in [-0.39, 0.29) is 0 Å². The molecule has 2 aromatic carbocycles. The molecule has 4 aromatic rings. The van der Waals surface area contributed by atoms with Gasteiger partial charge in [0.05, 0.1) is 11.2 Å². The largest absolute Gasteiger partial charge is 0.417 e. The summed E-state index contributed by atoms with van der Waals surface area (Å²) in [6.07, 6.45) is 0. The molecule has 0 aliphatic rings. The van der Waals surface area contributed by atoms with Crippen molar-refractivity contribution in [3.05, 3.63) is 58.4 Å². The molecule has 22 heavy (non-hydrogen) atoms. The smallest absolute Gasteiger partial charge is 0.408 e. The standard InChI is InChI=1S/C16H11N3O2S/c17-11-3-1-2-10(6-11)15-18-13(8-22-15)9-4-5-12-14(7-9)21-16(20)19-12/h1-8H,17H2,(H,19,20). The van der Waals surface area contributed by atoms with Crippen molar-refractivity contribution in [2.75, 3.05) is 5.73 Å². The second kappa shape index (κ2) is 4.85. The van der Waals surface area contributed by atoms with Gasteiger partial charge in [-0.1, -0.05) is 18.2 Å². The number of rotatable bonds is 2. The highest BCUT2D eigenvalue weighted by atomic mass is 32.1. The van der Waals surface area contributed by atoms with Gasteiger partial charge in [-0.3, -0.25) is 4.98 Å². The topological polar surface area (TPSA) is 84.9 Å². The van der Waals surface area contributed by atoms with E-state index in [0.29, 0.717) is 16.8 Å². The summed E-state index contributed by atoms with van der Waals surface area (Å²) in [5.41, 5.74) is 10.5. The van der Waals surface area contributed by atoms with Crippen LogP contribution in [0.5, 0.6) is 0 Å². The zero-order chi connectivity index (χ0) is 15.1. The molecule has 4 rings (SSSR count). The molecule has 0 radical (unpaired) electrons. The van der Waals surface area contributed by atoms with E-state index in [0.717, 1.165) is 21.8 Å². The molecule has 2 heterocycles. The van der Waals surface area contributed by atoms with Crippen LogP contribution in [0.2, 0.25) is 0 Å². The van der Waals surface area contributed by atoms with Crippen molar-refractivity contribution >= 4 is 28.1 Å². The average molecular weight is 309 g/mol. The Hall–Kier alpha value is -2.86. The van der Waals surface area contributed by atoms with Crippen molar-refractivity contribution in [2.45, 2.75) is 0 Å². The van der Waals surface area contributed by atoms with E-state index in [9.17, 15) is 4.79 Å². The summed E-state index contributed by atoms with van der Waals surface area (Å²) in [5.74, 6) is -0.453. The van der Waals surface area contributed by atoms with Crippen molar-refractivity contribution < 1.29 is 4.42 Å². The maximum atomic E-state index is 11.2. The number of oxazole rings is 1. The minimum absolute atomic E-state index is 0.453. The number of nitrogens with one attached hydrogen (secondary N) is 1. The van der Waals surface area contributed by atoms with E-state index in [1.165, 1.54) is 0 Å². The lowest BCUT2D eigenvalue weighted by molar-refractivity contribution is 0.555. The summed E-state index contributed by atoms with van der Waals surface area (Å²) in [6.45, 7) is 0. The molecule has 6 heteroatoms. The van der Waals surface area contributed by atoms with Crippen LogP contribution in [0.3, 0.4) is 0 Å². The summed E-state index contributed by atoms with van der Waals surface area (Å²) in [4.78, 5) is 18.5. The van der Waals surface area contributed by atoms with Crippen molar-refractivity contribution in [3.8, 4) is 21.8 Å². The summed E-state index contributed by atoms with van der Waals surface area (Å²) in [6, 6.07) is 13.2. The third-order valence-corrected chi connectivity index (χ3v) is 4.25. The monoisotopic (exact) mass is 309 g/mol. The van der Waals surface area contributed by atoms with Crippen LogP contribution in [0.1, 0.15) is 0 Å². The highest BCUT2D eigenvalue weighted by Crippen LogP contribution is 2.30. The third kappa shape index (κ3) is 2.19. The van der Waals surface area contributed by atoms with Gasteiger partial charge in [0, 0.05) is 22.2 Å². The van der Waals surface area contributed by atoms with Gasteiger partial charge in [-0.2, -0.15) is 0 Å². The Bertz CT molecular complexity index is 1030. The van der Waals surface area contributed by atoms with E-state index in [1.807, 2.05) is 47.8 Å². The molecule has 0 spiro atoms. The number of nitrogens with two attached hydrogens (primary N) is 1. The lowest BCUT2D eigenvalue weighted by Crippen LogP contribution is -1.92. The fraction of sp³-hybridized carbons (Fsp3) is 0. The number of fused-ring (bicyclic) bond motifs is 1. The average Bonchev–Trinajstić information content (AvgIpc) is 3.11. The summed E-state index contributed by atoms with van der Waals surface area (Å²) in [5, 5.41) is 2.88. The molecule has 0 saturated heterocycles. The molecule has 0 atom stereocenters. The molecule has 0 aliphatic carbocycles. The fourth-order valence-electron chi connectivity index (χ4n) is 2.32. The Morgan fingerprint density at radius 3 is 2.91 bits per heavy atom. The number of aromatic amines is 1. The minimum Gasteiger partial charge on any atom is -0.408 e. The van der Waals surface area contributed by atoms with Crippen LogP contribution in [0.25, 0.3) is 32.9 Å². The van der Waals surface area contributed by atoms with Gasteiger partial charge < -0.3 is 10.2 Å². The molecule has 0 fully saturated rings. The molecular formula is C16H11N3O2S. The predicted molar refractivity (Wildman–Crippen MR) is 87.8 cm³/mol. The van der Waals surface area contributed by atoms with Crippen molar-refractivity contribution in [3.63, 3.8) is 0 Å². The number of H-pyrrole nitrogens is 1. The Morgan fingerprint density at radius 1 is 1.14 bits per heavy atom. The van der Waals surface area contributed by atoms with Crippen LogP contribution in [0.15, 0.2) is 57.1 Å². The molecule has 0 amide bonds. The van der Waals surface area contributed by atoms with Gasteiger partial charge in [-0.05, 0) is 24.3 Å². The molecule has 5 nitrogen and oxygen atoms in total. The highest BCUT2D eigenvalue weighted by molar-refractivity contribution is 7.13. The number of aromatic nitrogens is 2. The Kier molecular flexibility index (Phi) is 2.83. The molecule has 0 aliphatic heterocycles. The van der Waals surface area contributed by atoms with E-state index in [2.05, 4.69) is 9.97 Å². The van der Waals surface area contributed by atoms with Gasteiger partial charge in [0.1, 0.15) is 5.01 Å². The molecule has 2 aromatic heterocycles. The first kappa shape index (κ1) is 12.8. The van der Waals surface area contributed by atoms with Gasteiger partial charge >= 0.3 is 5.76 Å². The molecule has 0 bridgehead atoms. The molecule has 0 unspecified atom stereocenters. The lowest BCUT2D eigenvalue weighted by Gasteiger charge is -1.98. The first-order valence-corrected chi connectivity index (χ1v) is 7.52. The Morgan fingerprint density at radius 2 is 2.05 bits per heavy atom. The zero-order valence-electron chi connectivity index (χ0n) is 11.4. The second-order valence-corrected chi connectivity index (χ2v) is 5.75. The molecule has 3 N–H and O–H groups in total. The van der Waals surface area contributed by atoms with E-state index in [4.69, 9.17) is 10.2 Å². The third-order valence-electron chi connectivity index (χ3n) is 3.35. The Balaban J connectivity index is 1.77. The van der Waals surface area contributed by atoms with Gasteiger partial charge in [0.15, 0.2) is 5.58 Å². The van der Waals surface area contributed by atoms with Crippen molar-refractivity contribution in [1.82, 2.24) is 9.97 Å². The SMILES string of the molecule is Nc1cccc(-c2nc(-c3ccc4[nH]c(=O)oc4c3)cs2)c1. The van der Waals surface area contributed by atoms with Crippen LogP contribution in [-0.2, 0) is 0 Å². The van der Waals surface area contributed by atoms with E-state index >= 15 is 0 Å². The van der Waals surface area contributed by atoms with Crippen LogP contribution in [0.4, 0.5) is 5.69 Å². The minimum atomic E-state index is -0.453. The normalized spacial score (nSPS) is 11.1. The van der Waals surface area contributed by atoms with Crippen molar-refractivity contribution in [2.24, 2.45) is 0 Å². The second-order valence-electron chi connectivity index (χ2n) is 4.89. The number of nitrogen functional groups attached to an aromatic ring is 1. The number of thiazole rings is 1. The first-order valence-electron chi connectivity index (χ1n) is 6.64. The molecule has 108 valence electrons. The van der Waals surface area contributed by atoms with Crippen molar-refractivity contribution in [1.29, 1.82) is 0 Å². The zero-order valence-corrected chi connectivity index (χ0v) is 12.2. The number of benzene rings is 2. The van der Waals surface area contributed by atoms with Gasteiger partial charge in [-0.25, -0.2) is 9.78 Å². The molecule has 0 saturated carbocycles. The number of anilines is 1. The van der Waals surface area contributed by atoms with Gasteiger partial charge in [-0.15, -0.1) is 11.3 Å². The summed E-state index contributed by atoms with van der Waals surface area (Å²) in [7, 11) is 0. The lowest BCUT2D eigenvalue weighted by atomic mass is 10.1. The van der Waals surface area contributed by atoms with Crippen LogP contribution in [-0.4, -0.2) is 9.97 Å². The van der Waals surface area contributed by atoms with E-state index < -0.39 is 5.76 Å². The van der Waals surface area contributed by atoms with Crippen LogP contribution in [0, 0.1) is 0 Å². The predicted octanol–water partition coefficient (Wildman–Crippen LogP) is 3.49. The molecular weight excluding hydrogens is 298 g/mol. The summed E-state index contributed by atoms with van der Waals surface area (Å²) < 4.78 is 5.09. The highest BCUT2D eigenvalue weighted by Gasteiger charge is 2.09. The quantitative estimate of drug-likeness (QED) is 0.555. The van der Waals surface area contributed by atoms with Gasteiger partial charge in [0.25, 0.3) is 0 Å². The van der Waals surface area contributed by atoms with Crippen LogP contribution >= 0.6 is 11.3 Å². The van der Waals surface area contributed by atoms with Crippen LogP contribution < -0.4 is 11.5 Å². The van der Waals surface area contributed by atoms with Gasteiger partial charge in [0.2, 0.25) is 0 Å². The van der Waals surface area contributed by atoms with E-state index in [1.54, 1.807) is 11.3 Å². The fourth-order valence-corrected chi connectivity index (χ4v) is 3.14. The first-order chi connectivity index (χ1) is 10.7. The summed E-state index contributed by atoms with van der Waals surface area (Å²) >= 11 is 1.55. The Labute approximate surface area is 129 Å².